The van der Waals surface area contributed by atoms with Crippen LogP contribution in [0.4, 0.5) is 0 Å². The highest BCUT2D eigenvalue weighted by atomic mass is 32.2. The molecular weight excluding hydrogens is 220 g/mol. The Morgan fingerprint density at radius 1 is 1.12 bits per heavy atom. The Labute approximate surface area is 101 Å². The molecule has 0 amide bonds. The molecule has 0 heterocycles. The van der Waals surface area contributed by atoms with E-state index in [0.29, 0.717) is 5.75 Å². The molecule has 96 valence electrons. The zero-order valence-electron chi connectivity index (χ0n) is 10.7. The van der Waals surface area contributed by atoms with Gasteiger partial charge in [0.1, 0.15) is 0 Å². The van der Waals surface area contributed by atoms with Gasteiger partial charge in [0.15, 0.2) is 9.84 Å². The molecule has 1 atom stereocenters. The van der Waals surface area contributed by atoms with Crippen molar-refractivity contribution in [2.24, 2.45) is 0 Å². The summed E-state index contributed by atoms with van der Waals surface area (Å²) in [5, 5.41) is -0.173. The van der Waals surface area contributed by atoms with E-state index in [4.69, 9.17) is 0 Å². The third kappa shape index (κ3) is 7.04. The first-order valence-corrected chi connectivity index (χ1v) is 8.08. The lowest BCUT2D eigenvalue weighted by atomic mass is 10.1. The van der Waals surface area contributed by atoms with E-state index in [-0.39, 0.29) is 5.25 Å². The quantitative estimate of drug-likeness (QED) is 0.435. The van der Waals surface area contributed by atoms with Crippen LogP contribution in [0.3, 0.4) is 0 Å². The van der Waals surface area contributed by atoms with Crippen LogP contribution < -0.4 is 0 Å². The van der Waals surface area contributed by atoms with Crippen molar-refractivity contribution in [1.82, 2.24) is 0 Å². The molecule has 0 N–H and O–H groups in total. The molecule has 0 aromatic rings. The Kier molecular flexibility index (Phi) is 8.63. The van der Waals surface area contributed by atoms with Gasteiger partial charge in [-0.15, -0.1) is 6.58 Å². The normalized spacial score (nSPS) is 13.6. The number of sulfone groups is 1. The van der Waals surface area contributed by atoms with Crippen LogP contribution in [0.15, 0.2) is 12.7 Å². The Morgan fingerprint density at radius 2 is 1.69 bits per heavy atom. The van der Waals surface area contributed by atoms with E-state index in [1.54, 1.807) is 6.92 Å². The summed E-state index contributed by atoms with van der Waals surface area (Å²) >= 11 is 0. The van der Waals surface area contributed by atoms with E-state index in [9.17, 15) is 8.42 Å². The van der Waals surface area contributed by atoms with E-state index < -0.39 is 9.84 Å². The molecule has 0 fully saturated rings. The second-order valence-electron chi connectivity index (χ2n) is 4.43. The fourth-order valence-corrected chi connectivity index (χ4v) is 3.09. The van der Waals surface area contributed by atoms with Crippen LogP contribution in [0.2, 0.25) is 0 Å². The number of hydrogen-bond acceptors (Lipinski definition) is 2. The zero-order valence-corrected chi connectivity index (χ0v) is 11.6. The second-order valence-corrected chi connectivity index (χ2v) is 6.97. The van der Waals surface area contributed by atoms with Gasteiger partial charge in [0.25, 0.3) is 0 Å². The van der Waals surface area contributed by atoms with Crippen molar-refractivity contribution >= 4 is 9.84 Å². The van der Waals surface area contributed by atoms with Gasteiger partial charge in [0, 0.05) is 0 Å². The van der Waals surface area contributed by atoms with Crippen molar-refractivity contribution in [2.45, 2.75) is 64.0 Å². The third-order valence-electron chi connectivity index (χ3n) is 3.03. The van der Waals surface area contributed by atoms with E-state index in [0.717, 1.165) is 32.1 Å². The molecule has 1 unspecified atom stereocenters. The van der Waals surface area contributed by atoms with Crippen LogP contribution in [-0.2, 0) is 9.84 Å². The molecular formula is C13H26O2S. The molecule has 0 aromatic carbocycles. The maximum atomic E-state index is 11.7. The first-order valence-electron chi connectivity index (χ1n) is 6.37. The van der Waals surface area contributed by atoms with Crippen molar-refractivity contribution in [3.05, 3.63) is 12.7 Å². The van der Waals surface area contributed by atoms with Crippen LogP contribution in [-0.4, -0.2) is 19.4 Å². The lowest BCUT2D eigenvalue weighted by molar-refractivity contribution is 0.571. The molecule has 0 bridgehead atoms. The molecule has 0 aliphatic rings. The van der Waals surface area contributed by atoms with Gasteiger partial charge in [0.2, 0.25) is 0 Å². The van der Waals surface area contributed by atoms with Gasteiger partial charge in [-0.2, -0.15) is 0 Å². The first-order chi connectivity index (χ1) is 7.54. The molecule has 3 heteroatoms. The minimum Gasteiger partial charge on any atom is -0.229 e. The van der Waals surface area contributed by atoms with E-state index in [1.807, 2.05) is 13.0 Å². The maximum absolute atomic E-state index is 11.7. The Balaban J connectivity index is 3.55. The summed E-state index contributed by atoms with van der Waals surface area (Å²) in [5.41, 5.74) is 0. The SMILES string of the molecule is C=CCCCCCCCS(=O)(=O)C(C)CC. The second kappa shape index (κ2) is 8.80. The summed E-state index contributed by atoms with van der Waals surface area (Å²) < 4.78 is 23.4. The fourth-order valence-electron chi connectivity index (χ4n) is 1.58. The summed E-state index contributed by atoms with van der Waals surface area (Å²) in [4.78, 5) is 0. The zero-order chi connectivity index (χ0) is 12.4. The monoisotopic (exact) mass is 246 g/mol. The standard InChI is InChI=1S/C13H26O2S/c1-4-6-7-8-9-10-11-12-16(14,15)13(3)5-2/h4,13H,1,5-12H2,2-3H3. The fraction of sp³-hybridized carbons (Fsp3) is 0.846. The summed E-state index contributed by atoms with van der Waals surface area (Å²) in [6, 6.07) is 0. The summed E-state index contributed by atoms with van der Waals surface area (Å²) in [7, 11) is -2.82. The average Bonchev–Trinajstić information content (AvgIpc) is 2.26. The Hall–Kier alpha value is -0.310. The lowest BCUT2D eigenvalue weighted by Crippen LogP contribution is -2.20. The third-order valence-corrected chi connectivity index (χ3v) is 5.44. The average molecular weight is 246 g/mol. The molecule has 0 rings (SSSR count). The van der Waals surface area contributed by atoms with Gasteiger partial charge < -0.3 is 0 Å². The summed E-state index contributed by atoms with van der Waals surface area (Å²) in [6.45, 7) is 7.41. The van der Waals surface area contributed by atoms with E-state index in [1.165, 1.54) is 12.8 Å². The highest BCUT2D eigenvalue weighted by Crippen LogP contribution is 2.11. The van der Waals surface area contributed by atoms with Crippen LogP contribution in [0.1, 0.15) is 58.8 Å². The number of rotatable bonds is 10. The minimum absolute atomic E-state index is 0.173. The molecule has 0 radical (unpaired) electrons. The van der Waals surface area contributed by atoms with Crippen LogP contribution in [0.5, 0.6) is 0 Å². The predicted octanol–water partition coefficient (Wildman–Crippen LogP) is 3.73. The summed E-state index contributed by atoms with van der Waals surface area (Å²) in [5.74, 6) is 0.365. The van der Waals surface area contributed by atoms with Crippen molar-refractivity contribution < 1.29 is 8.42 Å². The topological polar surface area (TPSA) is 34.1 Å². The molecule has 0 aliphatic carbocycles. The van der Waals surface area contributed by atoms with Gasteiger partial charge in [-0.25, -0.2) is 8.42 Å². The van der Waals surface area contributed by atoms with Crippen molar-refractivity contribution in [1.29, 1.82) is 0 Å². The van der Waals surface area contributed by atoms with Gasteiger partial charge in [0.05, 0.1) is 11.0 Å². The molecule has 16 heavy (non-hydrogen) atoms. The molecule has 0 aliphatic heterocycles. The number of hydrogen-bond donors (Lipinski definition) is 0. The van der Waals surface area contributed by atoms with Gasteiger partial charge in [-0.3, -0.25) is 0 Å². The Morgan fingerprint density at radius 3 is 2.25 bits per heavy atom. The van der Waals surface area contributed by atoms with Gasteiger partial charge >= 0.3 is 0 Å². The van der Waals surface area contributed by atoms with E-state index in [2.05, 4.69) is 6.58 Å². The first kappa shape index (κ1) is 15.7. The molecule has 0 saturated heterocycles. The lowest BCUT2D eigenvalue weighted by Gasteiger charge is -2.09. The highest BCUT2D eigenvalue weighted by molar-refractivity contribution is 7.91. The number of unbranched alkanes of at least 4 members (excludes halogenated alkanes) is 5. The van der Waals surface area contributed by atoms with Crippen LogP contribution in [0.25, 0.3) is 0 Å². The van der Waals surface area contributed by atoms with Crippen molar-refractivity contribution in [3.63, 3.8) is 0 Å². The molecule has 0 saturated carbocycles. The number of allylic oxidation sites excluding steroid dienone is 1. The highest BCUT2D eigenvalue weighted by Gasteiger charge is 2.17. The smallest absolute Gasteiger partial charge is 0.152 e. The largest absolute Gasteiger partial charge is 0.229 e. The Bertz CT molecular complexity index is 268. The van der Waals surface area contributed by atoms with Crippen molar-refractivity contribution in [3.8, 4) is 0 Å². The maximum Gasteiger partial charge on any atom is 0.152 e. The van der Waals surface area contributed by atoms with Gasteiger partial charge in [-0.05, 0) is 32.6 Å². The minimum atomic E-state index is -2.82. The van der Waals surface area contributed by atoms with Gasteiger partial charge in [-0.1, -0.05) is 32.3 Å². The predicted molar refractivity (Wildman–Crippen MR) is 71.4 cm³/mol. The van der Waals surface area contributed by atoms with Crippen molar-refractivity contribution in [2.75, 3.05) is 5.75 Å². The van der Waals surface area contributed by atoms with Crippen LogP contribution >= 0.6 is 0 Å². The molecule has 0 aromatic heterocycles. The van der Waals surface area contributed by atoms with E-state index >= 15 is 0 Å². The molecule has 2 nitrogen and oxygen atoms in total. The molecule has 0 spiro atoms. The van der Waals surface area contributed by atoms with Crippen LogP contribution in [0, 0.1) is 0 Å². The summed E-state index contributed by atoms with van der Waals surface area (Å²) in [6.07, 6.45) is 9.11.